The Labute approximate surface area is 100 Å². The summed E-state index contributed by atoms with van der Waals surface area (Å²) in [5.41, 5.74) is 0.545. The molecule has 0 fully saturated rings. The number of rotatable bonds is 5. The zero-order valence-electron chi connectivity index (χ0n) is 9.24. The highest BCUT2D eigenvalue weighted by atomic mass is 35.5. The molecule has 0 saturated carbocycles. The van der Waals surface area contributed by atoms with E-state index in [1.54, 1.807) is 24.3 Å². The number of carbonyl (C=O) groups excluding carboxylic acids is 1. The van der Waals surface area contributed by atoms with Crippen LogP contribution in [0.2, 0.25) is 5.02 Å². The molecule has 0 radical (unpaired) electrons. The van der Waals surface area contributed by atoms with E-state index >= 15 is 0 Å². The smallest absolute Gasteiger partial charge is 0.251 e. The Kier molecular flexibility index (Phi) is 5.29. The van der Waals surface area contributed by atoms with E-state index in [-0.39, 0.29) is 18.6 Å². The third-order valence-electron chi connectivity index (χ3n) is 2.39. The first-order valence-corrected chi connectivity index (χ1v) is 5.72. The van der Waals surface area contributed by atoms with E-state index in [9.17, 15) is 4.79 Å². The van der Waals surface area contributed by atoms with Gasteiger partial charge in [-0.15, -0.1) is 0 Å². The van der Waals surface area contributed by atoms with Crippen LogP contribution >= 0.6 is 11.6 Å². The molecule has 1 atom stereocenters. The van der Waals surface area contributed by atoms with Crippen LogP contribution in [0.1, 0.15) is 30.1 Å². The summed E-state index contributed by atoms with van der Waals surface area (Å²) >= 11 is 5.80. The Hall–Kier alpha value is -1.06. The van der Waals surface area contributed by atoms with Crippen LogP contribution in [0.5, 0.6) is 0 Å². The molecule has 16 heavy (non-hydrogen) atoms. The average Bonchev–Trinajstić information content (AvgIpc) is 2.28. The summed E-state index contributed by atoms with van der Waals surface area (Å²) in [6.07, 6.45) is 1.37. The van der Waals surface area contributed by atoms with Crippen LogP contribution in [-0.2, 0) is 0 Å². The van der Waals surface area contributed by atoms with Gasteiger partial charge in [-0.05, 0) is 31.0 Å². The molecule has 0 heterocycles. The number of benzene rings is 1. The van der Waals surface area contributed by atoms with Gasteiger partial charge in [0.25, 0.3) is 5.91 Å². The van der Waals surface area contributed by atoms with Crippen molar-refractivity contribution in [1.82, 2.24) is 5.32 Å². The van der Waals surface area contributed by atoms with Crippen molar-refractivity contribution in [3.63, 3.8) is 0 Å². The second-order valence-electron chi connectivity index (χ2n) is 3.60. The van der Waals surface area contributed by atoms with Crippen LogP contribution in [0.25, 0.3) is 0 Å². The van der Waals surface area contributed by atoms with Crippen molar-refractivity contribution in [2.75, 3.05) is 6.61 Å². The van der Waals surface area contributed by atoms with Gasteiger partial charge < -0.3 is 10.4 Å². The number of halogens is 1. The Morgan fingerprint density at radius 2 is 2.31 bits per heavy atom. The fourth-order valence-corrected chi connectivity index (χ4v) is 1.62. The van der Waals surface area contributed by atoms with E-state index in [1.807, 2.05) is 6.92 Å². The van der Waals surface area contributed by atoms with Crippen molar-refractivity contribution in [3.8, 4) is 0 Å². The predicted molar refractivity (Wildman–Crippen MR) is 64.7 cm³/mol. The molecule has 0 saturated heterocycles. The van der Waals surface area contributed by atoms with Crippen molar-refractivity contribution < 1.29 is 9.90 Å². The number of amides is 1. The van der Waals surface area contributed by atoms with E-state index in [1.165, 1.54) is 0 Å². The van der Waals surface area contributed by atoms with Gasteiger partial charge in [0, 0.05) is 23.2 Å². The van der Waals surface area contributed by atoms with Gasteiger partial charge >= 0.3 is 0 Å². The zero-order valence-corrected chi connectivity index (χ0v) is 10.00. The van der Waals surface area contributed by atoms with Crippen molar-refractivity contribution in [2.24, 2.45) is 0 Å². The molecule has 88 valence electrons. The van der Waals surface area contributed by atoms with E-state index in [0.29, 0.717) is 17.0 Å². The lowest BCUT2D eigenvalue weighted by Gasteiger charge is -2.15. The number of hydrogen-bond acceptors (Lipinski definition) is 2. The maximum Gasteiger partial charge on any atom is 0.251 e. The highest BCUT2D eigenvalue weighted by molar-refractivity contribution is 6.30. The summed E-state index contributed by atoms with van der Waals surface area (Å²) in [4.78, 5) is 11.8. The first kappa shape index (κ1) is 13.0. The fourth-order valence-electron chi connectivity index (χ4n) is 1.43. The van der Waals surface area contributed by atoms with Gasteiger partial charge in [-0.1, -0.05) is 24.6 Å². The molecule has 0 bridgehead atoms. The van der Waals surface area contributed by atoms with Crippen LogP contribution in [0, 0.1) is 0 Å². The van der Waals surface area contributed by atoms with Crippen LogP contribution in [-0.4, -0.2) is 23.7 Å². The van der Waals surface area contributed by atoms with Gasteiger partial charge in [-0.25, -0.2) is 0 Å². The second kappa shape index (κ2) is 6.51. The molecular formula is C12H16ClNO2. The minimum atomic E-state index is -0.150. The molecular weight excluding hydrogens is 226 g/mol. The topological polar surface area (TPSA) is 49.3 Å². The van der Waals surface area contributed by atoms with Crippen LogP contribution < -0.4 is 5.32 Å². The Morgan fingerprint density at radius 1 is 1.56 bits per heavy atom. The van der Waals surface area contributed by atoms with Crippen LogP contribution in [0.4, 0.5) is 0 Å². The standard InChI is InChI=1S/C12H16ClNO2/c1-2-11(6-7-15)14-12(16)9-4-3-5-10(13)8-9/h3-5,8,11,15H,2,6-7H2,1H3,(H,14,16). The van der Waals surface area contributed by atoms with Crippen molar-refractivity contribution in [1.29, 1.82) is 0 Å². The molecule has 0 aliphatic rings. The summed E-state index contributed by atoms with van der Waals surface area (Å²) in [5, 5.41) is 12.2. The monoisotopic (exact) mass is 241 g/mol. The molecule has 3 nitrogen and oxygen atoms in total. The molecule has 1 amide bonds. The molecule has 2 N–H and O–H groups in total. The van der Waals surface area contributed by atoms with E-state index in [0.717, 1.165) is 6.42 Å². The summed E-state index contributed by atoms with van der Waals surface area (Å²) in [6.45, 7) is 2.05. The van der Waals surface area contributed by atoms with Crippen LogP contribution in [0.15, 0.2) is 24.3 Å². The van der Waals surface area contributed by atoms with Crippen molar-refractivity contribution in [2.45, 2.75) is 25.8 Å². The lowest BCUT2D eigenvalue weighted by molar-refractivity contribution is 0.0929. The average molecular weight is 242 g/mol. The van der Waals surface area contributed by atoms with Gasteiger partial charge in [-0.3, -0.25) is 4.79 Å². The number of hydrogen-bond donors (Lipinski definition) is 2. The first-order valence-electron chi connectivity index (χ1n) is 5.34. The van der Waals surface area contributed by atoms with Crippen LogP contribution in [0.3, 0.4) is 0 Å². The maximum atomic E-state index is 11.8. The molecule has 0 aliphatic heterocycles. The SMILES string of the molecule is CCC(CCO)NC(=O)c1cccc(Cl)c1. The molecule has 1 rings (SSSR count). The van der Waals surface area contributed by atoms with Crippen molar-refractivity contribution >= 4 is 17.5 Å². The Bertz CT molecular complexity index is 355. The van der Waals surface area contributed by atoms with Gasteiger partial charge in [-0.2, -0.15) is 0 Å². The quantitative estimate of drug-likeness (QED) is 0.831. The lowest BCUT2D eigenvalue weighted by atomic mass is 10.1. The number of aliphatic hydroxyl groups is 1. The third-order valence-corrected chi connectivity index (χ3v) is 2.63. The van der Waals surface area contributed by atoms with E-state index in [4.69, 9.17) is 16.7 Å². The second-order valence-corrected chi connectivity index (χ2v) is 4.04. The Balaban J connectivity index is 2.64. The molecule has 1 aromatic rings. The minimum absolute atomic E-state index is 0.0106. The van der Waals surface area contributed by atoms with Gasteiger partial charge in [0.05, 0.1) is 0 Å². The predicted octanol–water partition coefficient (Wildman–Crippen LogP) is 2.23. The van der Waals surface area contributed by atoms with Gasteiger partial charge in [0.2, 0.25) is 0 Å². The normalized spacial score (nSPS) is 12.2. The largest absolute Gasteiger partial charge is 0.396 e. The lowest BCUT2D eigenvalue weighted by Crippen LogP contribution is -2.35. The number of carbonyl (C=O) groups is 1. The molecule has 4 heteroatoms. The fraction of sp³-hybridized carbons (Fsp3) is 0.417. The molecule has 0 spiro atoms. The number of aliphatic hydroxyl groups excluding tert-OH is 1. The van der Waals surface area contributed by atoms with Crippen molar-refractivity contribution in [3.05, 3.63) is 34.9 Å². The van der Waals surface area contributed by atoms with E-state index in [2.05, 4.69) is 5.32 Å². The van der Waals surface area contributed by atoms with Gasteiger partial charge in [0.1, 0.15) is 0 Å². The molecule has 0 aromatic heterocycles. The zero-order chi connectivity index (χ0) is 12.0. The van der Waals surface area contributed by atoms with E-state index < -0.39 is 0 Å². The Morgan fingerprint density at radius 3 is 2.88 bits per heavy atom. The first-order chi connectivity index (χ1) is 7.67. The highest BCUT2D eigenvalue weighted by Gasteiger charge is 2.11. The minimum Gasteiger partial charge on any atom is -0.396 e. The van der Waals surface area contributed by atoms with Gasteiger partial charge in [0.15, 0.2) is 0 Å². The summed E-state index contributed by atoms with van der Waals surface area (Å²) in [6, 6.07) is 6.82. The third kappa shape index (κ3) is 3.83. The summed E-state index contributed by atoms with van der Waals surface area (Å²) in [5.74, 6) is -0.150. The molecule has 1 aromatic carbocycles. The highest BCUT2D eigenvalue weighted by Crippen LogP contribution is 2.11. The molecule has 0 aliphatic carbocycles. The summed E-state index contributed by atoms with van der Waals surface area (Å²) in [7, 11) is 0. The molecule has 1 unspecified atom stereocenters. The maximum absolute atomic E-state index is 11.8. The number of nitrogens with one attached hydrogen (secondary N) is 1. The summed E-state index contributed by atoms with van der Waals surface area (Å²) < 4.78 is 0.